The van der Waals surface area contributed by atoms with Crippen molar-refractivity contribution in [2.45, 2.75) is 51.8 Å². The second-order valence-corrected chi connectivity index (χ2v) is 7.75. The molecule has 0 saturated carbocycles. The van der Waals surface area contributed by atoms with Crippen molar-refractivity contribution in [3.8, 4) is 0 Å². The van der Waals surface area contributed by atoms with Crippen molar-refractivity contribution in [3.05, 3.63) is 35.9 Å². The average molecular weight is 362 g/mol. The van der Waals surface area contributed by atoms with Crippen LogP contribution >= 0.6 is 0 Å². The lowest BCUT2D eigenvalue weighted by molar-refractivity contribution is -0.148. The Labute approximate surface area is 155 Å². The van der Waals surface area contributed by atoms with Crippen LogP contribution in [0.1, 0.15) is 45.7 Å². The predicted molar refractivity (Wildman–Crippen MR) is 99.7 cm³/mol. The third-order valence-corrected chi connectivity index (χ3v) is 4.53. The van der Waals surface area contributed by atoms with Gasteiger partial charge in [0.1, 0.15) is 5.60 Å². The van der Waals surface area contributed by atoms with Crippen molar-refractivity contribution in [2.75, 3.05) is 20.2 Å². The molecule has 0 aliphatic carbocycles. The number of ether oxygens (including phenoxy) is 2. The maximum Gasteiger partial charge on any atom is 0.410 e. The Hall–Kier alpha value is -2.08. The zero-order valence-corrected chi connectivity index (χ0v) is 16.3. The summed E-state index contributed by atoms with van der Waals surface area (Å²) in [5, 5.41) is 3.53. The monoisotopic (exact) mass is 362 g/mol. The lowest BCUT2D eigenvalue weighted by Crippen LogP contribution is -2.55. The summed E-state index contributed by atoms with van der Waals surface area (Å²) in [6.45, 7) is 8.40. The standard InChI is InChI=1S/C20H30N2O4/c1-14(15-9-7-6-8-10-15)21-17-11-12-22(13-16(17)18(23)25-5)19(24)26-20(2,3)4/h6-10,14,16-17,21H,11-13H2,1-5H3/t14-,16?,17+/m1/s1. The van der Waals surface area contributed by atoms with Crippen LogP contribution in [0.25, 0.3) is 0 Å². The Morgan fingerprint density at radius 2 is 1.88 bits per heavy atom. The summed E-state index contributed by atoms with van der Waals surface area (Å²) in [4.78, 5) is 26.3. The van der Waals surface area contributed by atoms with Gasteiger partial charge in [-0.25, -0.2) is 4.79 Å². The fourth-order valence-electron chi connectivity index (χ4n) is 3.19. The molecule has 6 nitrogen and oxygen atoms in total. The van der Waals surface area contributed by atoms with E-state index >= 15 is 0 Å². The lowest BCUT2D eigenvalue weighted by Gasteiger charge is -2.39. The number of amides is 1. The molecule has 26 heavy (non-hydrogen) atoms. The number of nitrogens with one attached hydrogen (secondary N) is 1. The topological polar surface area (TPSA) is 67.9 Å². The first-order valence-electron chi connectivity index (χ1n) is 9.08. The van der Waals surface area contributed by atoms with Crippen LogP contribution in [-0.4, -0.2) is 48.8 Å². The van der Waals surface area contributed by atoms with Crippen molar-refractivity contribution in [3.63, 3.8) is 0 Å². The summed E-state index contributed by atoms with van der Waals surface area (Å²) in [5.41, 5.74) is 0.597. The van der Waals surface area contributed by atoms with Gasteiger partial charge in [0.2, 0.25) is 0 Å². The molecule has 1 unspecified atom stereocenters. The van der Waals surface area contributed by atoms with Crippen LogP contribution in [0.2, 0.25) is 0 Å². The Bertz CT molecular complexity index is 612. The van der Waals surface area contributed by atoms with Crippen LogP contribution in [0, 0.1) is 5.92 Å². The van der Waals surface area contributed by atoms with E-state index in [2.05, 4.69) is 24.4 Å². The maximum absolute atomic E-state index is 12.4. The van der Waals surface area contributed by atoms with Crippen LogP contribution in [-0.2, 0) is 14.3 Å². The smallest absolute Gasteiger partial charge is 0.410 e. The third-order valence-electron chi connectivity index (χ3n) is 4.53. The SMILES string of the molecule is COC(=O)C1CN(C(=O)OC(C)(C)C)CC[C@@H]1N[C@H](C)c1ccccc1. The van der Waals surface area contributed by atoms with E-state index in [1.165, 1.54) is 7.11 Å². The quantitative estimate of drug-likeness (QED) is 0.834. The van der Waals surface area contributed by atoms with Gasteiger partial charge >= 0.3 is 12.1 Å². The molecular formula is C20H30N2O4. The van der Waals surface area contributed by atoms with Gasteiger partial charge < -0.3 is 19.7 Å². The Morgan fingerprint density at radius 1 is 1.23 bits per heavy atom. The molecule has 3 atom stereocenters. The van der Waals surface area contributed by atoms with Crippen molar-refractivity contribution >= 4 is 12.1 Å². The van der Waals surface area contributed by atoms with E-state index in [1.807, 2.05) is 39.0 Å². The van der Waals surface area contributed by atoms with Crippen molar-refractivity contribution in [2.24, 2.45) is 5.92 Å². The van der Waals surface area contributed by atoms with Crippen molar-refractivity contribution in [1.29, 1.82) is 0 Å². The van der Waals surface area contributed by atoms with Gasteiger partial charge in [0.15, 0.2) is 0 Å². The second-order valence-electron chi connectivity index (χ2n) is 7.75. The highest BCUT2D eigenvalue weighted by atomic mass is 16.6. The number of methoxy groups -OCH3 is 1. The fourth-order valence-corrected chi connectivity index (χ4v) is 3.19. The van der Waals surface area contributed by atoms with Crippen LogP contribution in [0.3, 0.4) is 0 Å². The molecule has 0 bridgehead atoms. The third kappa shape index (κ3) is 5.46. The minimum absolute atomic E-state index is 0.0589. The summed E-state index contributed by atoms with van der Waals surface area (Å²) in [6.07, 6.45) is 0.275. The highest BCUT2D eigenvalue weighted by Crippen LogP contribution is 2.24. The van der Waals surface area contributed by atoms with Gasteiger partial charge in [-0.2, -0.15) is 0 Å². The van der Waals surface area contributed by atoms with Gasteiger partial charge in [0.25, 0.3) is 0 Å². The molecule has 144 valence electrons. The molecule has 1 saturated heterocycles. The van der Waals surface area contributed by atoms with Gasteiger partial charge in [-0.3, -0.25) is 4.79 Å². The zero-order chi connectivity index (χ0) is 19.3. The molecular weight excluding hydrogens is 332 g/mol. The fraction of sp³-hybridized carbons (Fsp3) is 0.600. The first kappa shape index (κ1) is 20.2. The number of nitrogens with zero attached hydrogens (tertiary/aromatic N) is 1. The van der Waals surface area contributed by atoms with Gasteiger partial charge in [-0.05, 0) is 39.7 Å². The predicted octanol–water partition coefficient (Wildman–Crippen LogP) is 3.14. The Morgan fingerprint density at radius 3 is 2.46 bits per heavy atom. The zero-order valence-electron chi connectivity index (χ0n) is 16.3. The highest BCUT2D eigenvalue weighted by Gasteiger charge is 2.38. The largest absolute Gasteiger partial charge is 0.469 e. The number of benzene rings is 1. The number of hydrogen-bond acceptors (Lipinski definition) is 5. The molecule has 6 heteroatoms. The number of rotatable bonds is 4. The van der Waals surface area contributed by atoms with E-state index < -0.39 is 11.5 Å². The van der Waals surface area contributed by atoms with Crippen LogP contribution in [0.5, 0.6) is 0 Å². The van der Waals surface area contributed by atoms with E-state index in [4.69, 9.17) is 9.47 Å². The minimum Gasteiger partial charge on any atom is -0.469 e. The van der Waals surface area contributed by atoms with Crippen LogP contribution < -0.4 is 5.32 Å². The van der Waals surface area contributed by atoms with Gasteiger partial charge in [0.05, 0.1) is 13.0 Å². The van der Waals surface area contributed by atoms with E-state index in [-0.39, 0.29) is 24.1 Å². The summed E-state index contributed by atoms with van der Waals surface area (Å²) in [6, 6.07) is 10.1. The van der Waals surface area contributed by atoms with Crippen LogP contribution in [0.4, 0.5) is 4.79 Å². The van der Waals surface area contributed by atoms with E-state index in [1.54, 1.807) is 4.90 Å². The summed E-state index contributed by atoms with van der Waals surface area (Å²) in [7, 11) is 1.38. The molecule has 1 aliphatic heterocycles. The molecule has 1 amide bonds. The number of hydrogen-bond donors (Lipinski definition) is 1. The van der Waals surface area contributed by atoms with Crippen molar-refractivity contribution < 1.29 is 19.1 Å². The molecule has 1 fully saturated rings. The average Bonchev–Trinajstić information content (AvgIpc) is 2.60. The molecule has 2 rings (SSSR count). The number of piperidine rings is 1. The molecule has 1 heterocycles. The number of carbonyl (C=O) groups excluding carboxylic acids is 2. The summed E-state index contributed by atoms with van der Waals surface area (Å²) in [5.74, 6) is -0.733. The van der Waals surface area contributed by atoms with E-state index in [0.717, 1.165) is 5.56 Å². The van der Waals surface area contributed by atoms with E-state index in [0.29, 0.717) is 19.5 Å². The molecule has 1 aromatic carbocycles. The molecule has 0 aromatic heterocycles. The molecule has 1 aromatic rings. The van der Waals surface area contributed by atoms with Crippen LogP contribution in [0.15, 0.2) is 30.3 Å². The molecule has 1 N–H and O–H groups in total. The number of carbonyl (C=O) groups is 2. The first-order chi connectivity index (χ1) is 12.2. The number of esters is 1. The molecule has 1 aliphatic rings. The summed E-state index contributed by atoms with van der Waals surface area (Å²) < 4.78 is 10.4. The van der Waals surface area contributed by atoms with E-state index in [9.17, 15) is 9.59 Å². The molecule has 0 radical (unpaired) electrons. The summed E-state index contributed by atoms with van der Waals surface area (Å²) >= 11 is 0. The van der Waals surface area contributed by atoms with Gasteiger partial charge in [0, 0.05) is 25.2 Å². The Kier molecular flexibility index (Phi) is 6.64. The maximum atomic E-state index is 12.4. The van der Waals surface area contributed by atoms with Crippen molar-refractivity contribution in [1.82, 2.24) is 10.2 Å². The number of likely N-dealkylation sites (tertiary alicyclic amines) is 1. The second kappa shape index (κ2) is 8.54. The normalized spacial score (nSPS) is 21.8. The minimum atomic E-state index is -0.561. The lowest BCUT2D eigenvalue weighted by atomic mass is 9.91. The van der Waals surface area contributed by atoms with Gasteiger partial charge in [-0.15, -0.1) is 0 Å². The first-order valence-corrected chi connectivity index (χ1v) is 9.08. The highest BCUT2D eigenvalue weighted by molar-refractivity contribution is 5.75. The Balaban J connectivity index is 2.06. The molecule has 0 spiro atoms. The van der Waals surface area contributed by atoms with Gasteiger partial charge in [-0.1, -0.05) is 30.3 Å².